The number of hydrogen-bond donors (Lipinski definition) is 1. The zero-order valence-electron chi connectivity index (χ0n) is 13.7. The fourth-order valence-electron chi connectivity index (χ4n) is 2.84. The Hall–Kier alpha value is -2.51. The van der Waals surface area contributed by atoms with E-state index in [1.54, 1.807) is 0 Å². The molecule has 25 heavy (non-hydrogen) atoms. The number of rotatable bonds is 2. The lowest BCUT2D eigenvalue weighted by atomic mass is 10.2. The number of fused-ring (bicyclic) bond motifs is 1. The van der Waals surface area contributed by atoms with Gasteiger partial charge in [-0.3, -0.25) is 0 Å². The Morgan fingerprint density at radius 3 is 2.40 bits per heavy atom. The van der Waals surface area contributed by atoms with Crippen LogP contribution in [0.1, 0.15) is 0 Å². The van der Waals surface area contributed by atoms with Crippen molar-refractivity contribution in [3.8, 4) is 17.3 Å². The van der Waals surface area contributed by atoms with Crippen LogP contribution in [0.15, 0.2) is 30.3 Å². The summed E-state index contributed by atoms with van der Waals surface area (Å²) in [6, 6.07) is 9.46. The van der Waals surface area contributed by atoms with E-state index >= 15 is 0 Å². The summed E-state index contributed by atoms with van der Waals surface area (Å²) in [7, 11) is 2.09. The number of halogens is 1. The van der Waals surface area contributed by atoms with Crippen molar-refractivity contribution in [2.24, 2.45) is 0 Å². The molecular weight excluding hydrogens is 340 g/mol. The van der Waals surface area contributed by atoms with Gasteiger partial charge >= 0.3 is 0 Å². The first kappa shape index (κ1) is 16.0. The number of aromatic nitrogens is 4. The smallest absolute Gasteiger partial charge is 0.243 e. The van der Waals surface area contributed by atoms with Crippen LogP contribution < -0.4 is 4.90 Å². The molecule has 1 aromatic carbocycles. The molecule has 4 rings (SSSR count). The van der Waals surface area contributed by atoms with Crippen LogP contribution in [0.2, 0.25) is 5.15 Å². The van der Waals surface area contributed by atoms with Gasteiger partial charge in [-0.25, -0.2) is 15.0 Å². The normalized spacial score (nSPS) is 15.7. The van der Waals surface area contributed by atoms with Crippen molar-refractivity contribution in [2.45, 2.75) is 0 Å². The van der Waals surface area contributed by atoms with Gasteiger partial charge in [-0.1, -0.05) is 41.9 Å². The predicted molar refractivity (Wildman–Crippen MR) is 96.9 cm³/mol. The van der Waals surface area contributed by atoms with Crippen molar-refractivity contribution in [2.75, 3.05) is 38.1 Å². The maximum absolute atomic E-state index is 10.2. The van der Waals surface area contributed by atoms with E-state index in [4.69, 9.17) is 11.6 Å². The topological polar surface area (TPSA) is 78.3 Å². The number of aromatic hydroxyl groups is 1. The standard InChI is InChI=1S/C17H17ClN6O/c1-23-7-9-24(10-8-23)16-13(18)19-12-15(21-16)20-14(22-17(12)25)11-5-3-2-4-6-11/h2-6H,7-10H2,1H3,(H,20,21,22,25). The van der Waals surface area contributed by atoms with Gasteiger partial charge in [0.25, 0.3) is 0 Å². The number of likely N-dealkylation sites (N-methyl/N-ethyl adjacent to an activating group) is 1. The predicted octanol–water partition coefficient (Wildman–Crippen LogP) is 2.20. The Balaban J connectivity index is 1.80. The first-order valence-electron chi connectivity index (χ1n) is 8.05. The van der Waals surface area contributed by atoms with Crippen LogP contribution >= 0.6 is 11.6 Å². The summed E-state index contributed by atoms with van der Waals surface area (Å²) in [5.41, 5.74) is 1.35. The average molecular weight is 357 g/mol. The summed E-state index contributed by atoms with van der Waals surface area (Å²) in [6.07, 6.45) is 0. The van der Waals surface area contributed by atoms with Gasteiger partial charge in [-0.05, 0) is 7.05 Å². The number of anilines is 1. The van der Waals surface area contributed by atoms with E-state index in [0.29, 0.717) is 17.3 Å². The van der Waals surface area contributed by atoms with E-state index in [0.717, 1.165) is 31.7 Å². The fourth-order valence-corrected chi connectivity index (χ4v) is 3.09. The third kappa shape index (κ3) is 3.08. The molecule has 1 aliphatic rings. The third-order valence-corrected chi connectivity index (χ3v) is 4.54. The molecule has 1 aliphatic heterocycles. The van der Waals surface area contributed by atoms with Crippen molar-refractivity contribution in [1.82, 2.24) is 24.8 Å². The Morgan fingerprint density at radius 1 is 0.960 bits per heavy atom. The number of nitrogens with zero attached hydrogens (tertiary/aromatic N) is 6. The van der Waals surface area contributed by atoms with Crippen molar-refractivity contribution in [3.05, 3.63) is 35.5 Å². The maximum atomic E-state index is 10.2. The van der Waals surface area contributed by atoms with Crippen molar-refractivity contribution >= 4 is 28.6 Å². The molecule has 1 saturated heterocycles. The van der Waals surface area contributed by atoms with Crippen molar-refractivity contribution < 1.29 is 5.11 Å². The largest absolute Gasteiger partial charge is 0.492 e. The van der Waals surface area contributed by atoms with Gasteiger partial charge in [-0.2, -0.15) is 4.98 Å². The summed E-state index contributed by atoms with van der Waals surface area (Å²) >= 11 is 6.31. The minimum absolute atomic E-state index is 0.211. The van der Waals surface area contributed by atoms with Crippen LogP contribution in [-0.4, -0.2) is 63.2 Å². The van der Waals surface area contributed by atoms with Crippen LogP contribution in [0.3, 0.4) is 0 Å². The molecule has 7 nitrogen and oxygen atoms in total. The van der Waals surface area contributed by atoms with Gasteiger partial charge in [0.15, 0.2) is 28.0 Å². The summed E-state index contributed by atoms with van der Waals surface area (Å²) < 4.78 is 0. The zero-order valence-corrected chi connectivity index (χ0v) is 14.5. The molecule has 0 unspecified atom stereocenters. The van der Waals surface area contributed by atoms with Crippen LogP contribution in [0.25, 0.3) is 22.6 Å². The van der Waals surface area contributed by atoms with Gasteiger partial charge in [0.05, 0.1) is 0 Å². The lowest BCUT2D eigenvalue weighted by Gasteiger charge is -2.33. The van der Waals surface area contributed by atoms with Gasteiger partial charge in [-0.15, -0.1) is 0 Å². The molecule has 8 heteroatoms. The summed E-state index contributed by atoms with van der Waals surface area (Å²) in [5, 5.41) is 10.5. The first-order valence-corrected chi connectivity index (χ1v) is 8.43. The number of benzene rings is 1. The molecule has 0 bridgehead atoms. The van der Waals surface area contributed by atoms with E-state index in [9.17, 15) is 5.11 Å². The molecule has 0 amide bonds. The summed E-state index contributed by atoms with van der Waals surface area (Å²) in [6.45, 7) is 3.50. The number of hydrogen-bond acceptors (Lipinski definition) is 7. The molecule has 3 heterocycles. The van der Waals surface area contributed by atoms with E-state index in [2.05, 4.69) is 36.8 Å². The Labute approximate surface area is 149 Å². The van der Waals surface area contributed by atoms with E-state index in [1.165, 1.54) is 0 Å². The SMILES string of the molecule is CN1CCN(c2nc3nc(-c4ccccc4)nc(O)c3nc2Cl)CC1. The van der Waals surface area contributed by atoms with Crippen LogP contribution in [0, 0.1) is 0 Å². The molecule has 3 aromatic rings. The van der Waals surface area contributed by atoms with E-state index in [1.807, 2.05) is 30.3 Å². The molecule has 2 aromatic heterocycles. The zero-order chi connectivity index (χ0) is 17.4. The second kappa shape index (κ2) is 6.42. The summed E-state index contributed by atoms with van der Waals surface area (Å²) in [4.78, 5) is 21.8. The number of piperazine rings is 1. The van der Waals surface area contributed by atoms with Gasteiger partial charge in [0, 0.05) is 31.7 Å². The first-order chi connectivity index (χ1) is 12.1. The Kier molecular flexibility index (Phi) is 4.10. The molecule has 0 spiro atoms. The highest BCUT2D eigenvalue weighted by molar-refractivity contribution is 6.32. The highest BCUT2D eigenvalue weighted by atomic mass is 35.5. The summed E-state index contributed by atoms with van der Waals surface area (Å²) in [5.74, 6) is 0.786. The van der Waals surface area contributed by atoms with Gasteiger partial charge in [0.2, 0.25) is 5.88 Å². The van der Waals surface area contributed by atoms with Crippen LogP contribution in [0.5, 0.6) is 5.88 Å². The average Bonchev–Trinajstić information content (AvgIpc) is 2.63. The quantitative estimate of drug-likeness (QED) is 0.754. The lowest BCUT2D eigenvalue weighted by molar-refractivity contribution is 0.312. The Bertz CT molecular complexity index is 912. The minimum Gasteiger partial charge on any atom is -0.492 e. The van der Waals surface area contributed by atoms with Crippen molar-refractivity contribution in [1.29, 1.82) is 0 Å². The molecule has 0 radical (unpaired) electrons. The van der Waals surface area contributed by atoms with Crippen LogP contribution in [0.4, 0.5) is 5.82 Å². The molecule has 1 N–H and O–H groups in total. The fraction of sp³-hybridized carbons (Fsp3) is 0.294. The third-order valence-electron chi connectivity index (χ3n) is 4.29. The lowest BCUT2D eigenvalue weighted by Crippen LogP contribution is -2.45. The Morgan fingerprint density at radius 2 is 1.68 bits per heavy atom. The molecular formula is C17H17ClN6O. The van der Waals surface area contributed by atoms with Crippen LogP contribution in [-0.2, 0) is 0 Å². The van der Waals surface area contributed by atoms with E-state index in [-0.39, 0.29) is 16.5 Å². The highest BCUT2D eigenvalue weighted by Crippen LogP contribution is 2.29. The molecule has 1 fully saturated rings. The molecule has 0 atom stereocenters. The van der Waals surface area contributed by atoms with Gasteiger partial charge in [0.1, 0.15) is 0 Å². The van der Waals surface area contributed by atoms with Crippen molar-refractivity contribution in [3.63, 3.8) is 0 Å². The maximum Gasteiger partial charge on any atom is 0.243 e. The minimum atomic E-state index is -0.219. The monoisotopic (exact) mass is 356 g/mol. The molecule has 0 aliphatic carbocycles. The van der Waals surface area contributed by atoms with Gasteiger partial charge < -0.3 is 14.9 Å². The molecule has 128 valence electrons. The van der Waals surface area contributed by atoms with E-state index < -0.39 is 0 Å². The molecule has 0 saturated carbocycles. The second-order valence-corrected chi connectivity index (χ2v) is 6.40. The highest BCUT2D eigenvalue weighted by Gasteiger charge is 2.21. The second-order valence-electron chi connectivity index (χ2n) is 6.04.